The summed E-state index contributed by atoms with van der Waals surface area (Å²) in [5, 5.41) is 12.9. The van der Waals surface area contributed by atoms with Gasteiger partial charge >= 0.3 is 0 Å². The molecule has 1 rings (SSSR count). The molecule has 1 aromatic carbocycles. The number of aliphatic hydroxyl groups is 1. The fraction of sp³-hybridized carbons (Fsp3) is 0.571. The molecule has 0 bridgehead atoms. The zero-order chi connectivity index (χ0) is 14.3. The van der Waals surface area contributed by atoms with Crippen LogP contribution in [0.2, 0.25) is 0 Å². The first-order valence-electron chi connectivity index (χ1n) is 6.30. The molecule has 0 amide bonds. The Balaban J connectivity index is 2.88. The average molecular weight is 273 g/mol. The Morgan fingerprint density at radius 3 is 2.37 bits per heavy atom. The van der Waals surface area contributed by atoms with Crippen molar-refractivity contribution in [3.05, 3.63) is 35.9 Å². The molecule has 0 aliphatic rings. The molecule has 19 heavy (non-hydrogen) atoms. The van der Waals surface area contributed by atoms with E-state index in [0.717, 1.165) is 5.56 Å². The molecule has 1 unspecified atom stereocenters. The predicted octanol–water partition coefficient (Wildman–Crippen LogP) is 2.15. The van der Waals surface area contributed by atoms with Gasteiger partial charge in [-0.1, -0.05) is 30.3 Å². The van der Waals surface area contributed by atoms with Crippen LogP contribution in [0, 0.1) is 0 Å². The third-order valence-corrected chi connectivity index (χ3v) is 2.75. The number of aliphatic hydroxyl groups excluding tert-OH is 1. The zero-order valence-corrected chi connectivity index (χ0v) is 11.3. The van der Waals surface area contributed by atoms with Crippen molar-refractivity contribution in [2.75, 3.05) is 19.8 Å². The van der Waals surface area contributed by atoms with E-state index in [1.54, 1.807) is 0 Å². The van der Waals surface area contributed by atoms with Crippen LogP contribution in [0.25, 0.3) is 0 Å². The zero-order valence-electron chi connectivity index (χ0n) is 11.3. The summed E-state index contributed by atoms with van der Waals surface area (Å²) in [6.07, 6.45) is -2.51. The van der Waals surface area contributed by atoms with Crippen LogP contribution >= 0.6 is 0 Å². The summed E-state index contributed by atoms with van der Waals surface area (Å²) < 4.78 is 29.4. The van der Waals surface area contributed by atoms with Crippen molar-refractivity contribution in [3.63, 3.8) is 0 Å². The van der Waals surface area contributed by atoms with E-state index in [1.165, 1.54) is 0 Å². The number of rotatable bonds is 8. The minimum absolute atomic E-state index is 0.00394. The average Bonchev–Trinajstić information content (AvgIpc) is 2.37. The summed E-state index contributed by atoms with van der Waals surface area (Å²) in [5.41, 5.74) is -0.0370. The number of benzene rings is 1. The number of ether oxygens (including phenoxy) is 1. The first-order valence-corrected chi connectivity index (χ1v) is 6.30. The highest BCUT2D eigenvalue weighted by atomic mass is 19.3. The van der Waals surface area contributed by atoms with Gasteiger partial charge in [0.05, 0.1) is 18.8 Å². The molecule has 0 fully saturated rings. The Kier molecular flexibility index (Phi) is 6.34. The van der Waals surface area contributed by atoms with Gasteiger partial charge in [-0.25, -0.2) is 8.78 Å². The van der Waals surface area contributed by atoms with Crippen LogP contribution in [0.4, 0.5) is 8.78 Å². The quantitative estimate of drug-likeness (QED) is 0.762. The number of halogens is 2. The number of hydrogen-bond acceptors (Lipinski definition) is 3. The Morgan fingerprint density at radius 2 is 1.89 bits per heavy atom. The first kappa shape index (κ1) is 16.0. The summed E-state index contributed by atoms with van der Waals surface area (Å²) in [5.74, 6) is 0. The number of alkyl halides is 2. The minimum atomic E-state index is -2.51. The molecule has 0 aromatic heterocycles. The maximum absolute atomic E-state index is 12.2. The fourth-order valence-corrected chi connectivity index (χ4v) is 2.02. The second-order valence-corrected chi connectivity index (χ2v) is 4.81. The van der Waals surface area contributed by atoms with Gasteiger partial charge in [0.15, 0.2) is 0 Å². The van der Waals surface area contributed by atoms with Crippen molar-refractivity contribution >= 4 is 0 Å². The molecule has 0 spiro atoms. The van der Waals surface area contributed by atoms with Crippen molar-refractivity contribution in [3.8, 4) is 0 Å². The number of hydrogen-bond donors (Lipinski definition) is 2. The summed E-state index contributed by atoms with van der Waals surface area (Å²) in [6, 6.07) is 9.32. The van der Waals surface area contributed by atoms with E-state index in [0.29, 0.717) is 0 Å². The predicted molar refractivity (Wildman–Crippen MR) is 70.3 cm³/mol. The molecule has 108 valence electrons. The lowest BCUT2D eigenvalue weighted by Crippen LogP contribution is -2.52. The van der Waals surface area contributed by atoms with Crippen molar-refractivity contribution in [1.82, 2.24) is 5.32 Å². The van der Waals surface area contributed by atoms with Gasteiger partial charge in [-0.2, -0.15) is 0 Å². The summed E-state index contributed by atoms with van der Waals surface area (Å²) in [6.45, 7) is 3.00. The Hall–Kier alpha value is -1.04. The lowest BCUT2D eigenvalue weighted by atomic mass is 9.90. The summed E-state index contributed by atoms with van der Waals surface area (Å²) >= 11 is 0. The van der Waals surface area contributed by atoms with Gasteiger partial charge in [0.2, 0.25) is 0 Å². The van der Waals surface area contributed by atoms with Crippen LogP contribution in [-0.2, 0) is 10.3 Å². The van der Waals surface area contributed by atoms with Crippen LogP contribution in [0.15, 0.2) is 30.3 Å². The molecule has 0 aliphatic carbocycles. The molecule has 1 atom stereocenters. The van der Waals surface area contributed by atoms with E-state index >= 15 is 0 Å². The van der Waals surface area contributed by atoms with E-state index in [1.807, 2.05) is 44.2 Å². The molecule has 0 aliphatic heterocycles. The minimum Gasteiger partial charge on any atom is -0.394 e. The Bertz CT molecular complexity index is 360. The van der Waals surface area contributed by atoms with Gasteiger partial charge < -0.3 is 15.2 Å². The molecule has 5 heteroatoms. The van der Waals surface area contributed by atoms with Crippen LogP contribution in [0.1, 0.15) is 19.4 Å². The van der Waals surface area contributed by atoms with Gasteiger partial charge in [-0.3, -0.25) is 0 Å². The lowest BCUT2D eigenvalue weighted by molar-refractivity contribution is -0.0240. The standard InChI is InChI=1S/C14H21F2NO2/c1-11(2)17-14(9-18,10-19-8-13(15)16)12-6-4-3-5-7-12/h3-7,11,13,17-18H,8-10H2,1-2H3. The van der Waals surface area contributed by atoms with E-state index in [9.17, 15) is 13.9 Å². The number of nitrogens with one attached hydrogen (secondary N) is 1. The van der Waals surface area contributed by atoms with E-state index in [2.05, 4.69) is 5.32 Å². The maximum Gasteiger partial charge on any atom is 0.261 e. The monoisotopic (exact) mass is 273 g/mol. The molecule has 2 N–H and O–H groups in total. The second kappa shape index (κ2) is 7.53. The lowest BCUT2D eigenvalue weighted by Gasteiger charge is -2.35. The van der Waals surface area contributed by atoms with Gasteiger partial charge in [0.25, 0.3) is 6.43 Å². The second-order valence-electron chi connectivity index (χ2n) is 4.81. The first-order chi connectivity index (χ1) is 9.00. The van der Waals surface area contributed by atoms with Crippen LogP contribution in [0.5, 0.6) is 0 Å². The van der Waals surface area contributed by atoms with Crippen molar-refractivity contribution in [1.29, 1.82) is 0 Å². The molecule has 0 heterocycles. The van der Waals surface area contributed by atoms with Gasteiger partial charge in [0.1, 0.15) is 6.61 Å². The van der Waals surface area contributed by atoms with E-state index in [4.69, 9.17) is 4.74 Å². The smallest absolute Gasteiger partial charge is 0.261 e. The van der Waals surface area contributed by atoms with Gasteiger partial charge in [0, 0.05) is 6.04 Å². The Morgan fingerprint density at radius 1 is 1.26 bits per heavy atom. The molecule has 0 radical (unpaired) electrons. The summed E-state index contributed by atoms with van der Waals surface area (Å²) in [4.78, 5) is 0. The molecule has 0 saturated carbocycles. The molecular formula is C14H21F2NO2. The Labute approximate surface area is 112 Å². The third kappa shape index (κ3) is 4.86. The van der Waals surface area contributed by atoms with Crippen LogP contribution < -0.4 is 5.32 Å². The highest BCUT2D eigenvalue weighted by Crippen LogP contribution is 2.22. The van der Waals surface area contributed by atoms with Crippen LogP contribution in [-0.4, -0.2) is 37.4 Å². The highest BCUT2D eigenvalue weighted by Gasteiger charge is 2.32. The van der Waals surface area contributed by atoms with E-state index < -0.39 is 18.6 Å². The fourth-order valence-electron chi connectivity index (χ4n) is 2.02. The maximum atomic E-state index is 12.2. The van der Waals surface area contributed by atoms with E-state index in [-0.39, 0.29) is 19.3 Å². The summed E-state index contributed by atoms with van der Waals surface area (Å²) in [7, 11) is 0. The van der Waals surface area contributed by atoms with Crippen molar-refractivity contribution < 1.29 is 18.6 Å². The molecule has 3 nitrogen and oxygen atoms in total. The van der Waals surface area contributed by atoms with Gasteiger partial charge in [-0.15, -0.1) is 0 Å². The third-order valence-electron chi connectivity index (χ3n) is 2.75. The SMILES string of the molecule is CC(C)NC(CO)(COCC(F)F)c1ccccc1. The highest BCUT2D eigenvalue weighted by molar-refractivity contribution is 5.25. The molecule has 1 aromatic rings. The van der Waals surface area contributed by atoms with Crippen molar-refractivity contribution in [2.45, 2.75) is 31.9 Å². The largest absolute Gasteiger partial charge is 0.394 e. The van der Waals surface area contributed by atoms with Crippen LogP contribution in [0.3, 0.4) is 0 Å². The van der Waals surface area contributed by atoms with Crippen molar-refractivity contribution in [2.24, 2.45) is 0 Å². The molecule has 0 saturated heterocycles. The topological polar surface area (TPSA) is 41.5 Å². The van der Waals surface area contributed by atoms with Gasteiger partial charge in [-0.05, 0) is 19.4 Å². The molecular weight excluding hydrogens is 252 g/mol. The normalized spacial score (nSPS) is 14.9.